The van der Waals surface area contributed by atoms with Crippen molar-refractivity contribution in [2.24, 2.45) is 0 Å². The Kier molecular flexibility index (Phi) is 6.51. The molecule has 170 valence electrons. The van der Waals surface area contributed by atoms with E-state index in [1.54, 1.807) is 30.3 Å². The van der Waals surface area contributed by atoms with Gasteiger partial charge < -0.3 is 10.0 Å². The van der Waals surface area contributed by atoms with Gasteiger partial charge >= 0.3 is 5.97 Å². The van der Waals surface area contributed by atoms with Crippen LogP contribution in [0.15, 0.2) is 84.9 Å². The molecule has 4 aromatic rings. The number of hydrogen-bond donors (Lipinski definition) is 1. The number of carboxylic acids is 1. The maximum absolute atomic E-state index is 13.6. The van der Waals surface area contributed by atoms with Crippen LogP contribution < -0.4 is 4.90 Å². The molecule has 0 bridgehead atoms. The molecule has 0 aliphatic rings. The van der Waals surface area contributed by atoms with E-state index in [-0.39, 0.29) is 28.7 Å². The van der Waals surface area contributed by atoms with E-state index in [9.17, 15) is 24.8 Å². The molecule has 0 saturated heterocycles. The predicted molar refractivity (Wildman–Crippen MR) is 132 cm³/mol. The summed E-state index contributed by atoms with van der Waals surface area (Å²) >= 11 is 1.10. The van der Waals surface area contributed by atoms with Gasteiger partial charge in [-0.05, 0) is 36.2 Å². The second-order valence-corrected chi connectivity index (χ2v) is 8.73. The number of aryl methyl sites for hydroxylation is 1. The summed E-state index contributed by atoms with van der Waals surface area (Å²) in [4.78, 5) is 38.4. The van der Waals surface area contributed by atoms with Crippen molar-refractivity contribution in [3.8, 4) is 10.4 Å². The van der Waals surface area contributed by atoms with Crippen molar-refractivity contribution in [2.75, 3.05) is 4.90 Å². The van der Waals surface area contributed by atoms with E-state index in [0.717, 1.165) is 27.3 Å². The van der Waals surface area contributed by atoms with Crippen LogP contribution in [0.25, 0.3) is 10.4 Å². The molecule has 0 unspecified atom stereocenters. The van der Waals surface area contributed by atoms with Gasteiger partial charge in [-0.15, -0.1) is 11.3 Å². The largest absolute Gasteiger partial charge is 0.477 e. The zero-order chi connectivity index (χ0) is 24.2. The second kappa shape index (κ2) is 9.68. The fraction of sp³-hybridized carbons (Fsp3) is 0.0769. The van der Waals surface area contributed by atoms with Gasteiger partial charge in [0.1, 0.15) is 4.88 Å². The number of nitro benzene ring substituents is 1. The number of anilines is 1. The molecule has 0 saturated carbocycles. The first-order chi connectivity index (χ1) is 16.3. The molecule has 1 aromatic heterocycles. The first-order valence-corrected chi connectivity index (χ1v) is 11.2. The monoisotopic (exact) mass is 472 g/mol. The average Bonchev–Trinajstić information content (AvgIpc) is 3.29. The topological polar surface area (TPSA) is 101 Å². The van der Waals surface area contributed by atoms with Gasteiger partial charge in [-0.25, -0.2) is 4.79 Å². The Morgan fingerprint density at radius 2 is 1.62 bits per heavy atom. The molecule has 0 radical (unpaired) electrons. The minimum Gasteiger partial charge on any atom is -0.477 e. The van der Waals surface area contributed by atoms with E-state index in [4.69, 9.17) is 0 Å². The molecule has 0 fully saturated rings. The molecule has 3 aromatic carbocycles. The van der Waals surface area contributed by atoms with Crippen molar-refractivity contribution in [1.29, 1.82) is 0 Å². The molecule has 0 atom stereocenters. The summed E-state index contributed by atoms with van der Waals surface area (Å²) < 4.78 is 0. The number of benzene rings is 3. The summed E-state index contributed by atoms with van der Waals surface area (Å²) in [5.74, 6) is -1.49. The third-order valence-corrected chi connectivity index (χ3v) is 6.45. The number of hydrogen-bond acceptors (Lipinski definition) is 5. The summed E-state index contributed by atoms with van der Waals surface area (Å²) in [6.07, 6.45) is 0. The Hall–Kier alpha value is -4.30. The quantitative estimate of drug-likeness (QED) is 0.256. The smallest absolute Gasteiger partial charge is 0.348 e. The Balaban J connectivity index is 1.80. The van der Waals surface area contributed by atoms with Gasteiger partial charge in [-0.2, -0.15) is 0 Å². The Bertz CT molecular complexity index is 1350. The van der Waals surface area contributed by atoms with E-state index in [0.29, 0.717) is 11.1 Å². The van der Waals surface area contributed by atoms with Crippen molar-refractivity contribution in [3.63, 3.8) is 0 Å². The lowest BCUT2D eigenvalue weighted by Gasteiger charge is -2.23. The number of aromatic carboxylic acids is 1. The average molecular weight is 473 g/mol. The van der Waals surface area contributed by atoms with Gasteiger partial charge in [-0.3, -0.25) is 14.9 Å². The van der Waals surface area contributed by atoms with Crippen LogP contribution in [0.5, 0.6) is 0 Å². The maximum Gasteiger partial charge on any atom is 0.348 e. The molecule has 0 spiro atoms. The van der Waals surface area contributed by atoms with Crippen molar-refractivity contribution < 1.29 is 19.6 Å². The highest BCUT2D eigenvalue weighted by atomic mass is 32.1. The van der Waals surface area contributed by atoms with E-state index < -0.39 is 10.9 Å². The number of nitro groups is 1. The Labute approximate surface area is 199 Å². The number of non-ortho nitro benzene ring substituents is 1. The lowest BCUT2D eigenvalue weighted by molar-refractivity contribution is -0.384. The highest BCUT2D eigenvalue weighted by Crippen LogP contribution is 2.38. The van der Waals surface area contributed by atoms with Crippen molar-refractivity contribution in [2.45, 2.75) is 13.5 Å². The summed E-state index contributed by atoms with van der Waals surface area (Å²) in [5, 5.41) is 20.9. The minimum atomic E-state index is -1.13. The lowest BCUT2D eigenvalue weighted by atomic mass is 10.1. The summed E-state index contributed by atoms with van der Waals surface area (Å²) in [6.45, 7) is 1.96. The standard InChI is InChI=1S/C26H20N2O5S/c1-17-7-11-20(12-8-17)25(29)27(16-18-9-13-21(14-10-18)28(32)33)22-15-23(34-24(22)26(30)31)19-5-3-2-4-6-19/h2-15H,16H2,1H3,(H,30,31). The third kappa shape index (κ3) is 4.87. The molecular weight excluding hydrogens is 452 g/mol. The van der Waals surface area contributed by atoms with Crippen LogP contribution in [0.1, 0.15) is 31.2 Å². The van der Waals surface area contributed by atoms with Crippen LogP contribution in [-0.2, 0) is 6.54 Å². The molecule has 1 amide bonds. The Morgan fingerprint density at radius 1 is 0.971 bits per heavy atom. The maximum atomic E-state index is 13.6. The van der Waals surface area contributed by atoms with Crippen molar-refractivity contribution in [1.82, 2.24) is 0 Å². The summed E-state index contributed by atoms with van der Waals surface area (Å²) in [5.41, 5.74) is 3.10. The van der Waals surface area contributed by atoms with Crippen LogP contribution in [0.4, 0.5) is 11.4 Å². The van der Waals surface area contributed by atoms with Crippen LogP contribution >= 0.6 is 11.3 Å². The van der Waals surface area contributed by atoms with Crippen molar-refractivity contribution >= 4 is 34.6 Å². The SMILES string of the molecule is Cc1ccc(C(=O)N(Cc2ccc([N+](=O)[O-])cc2)c2cc(-c3ccccc3)sc2C(=O)O)cc1. The zero-order valence-electron chi connectivity index (χ0n) is 18.2. The minimum absolute atomic E-state index is 0.0428. The van der Waals surface area contributed by atoms with Gasteiger partial charge in [0, 0.05) is 22.6 Å². The number of carboxylic acid groups (broad SMARTS) is 1. The van der Waals surface area contributed by atoms with Gasteiger partial charge in [0.2, 0.25) is 0 Å². The Morgan fingerprint density at radius 3 is 2.21 bits per heavy atom. The van der Waals surface area contributed by atoms with Crippen LogP contribution in [-0.4, -0.2) is 21.9 Å². The fourth-order valence-corrected chi connectivity index (χ4v) is 4.51. The number of amides is 1. The number of nitrogens with zero attached hydrogens (tertiary/aromatic N) is 2. The van der Waals surface area contributed by atoms with Crippen LogP contribution in [0.3, 0.4) is 0 Å². The number of rotatable bonds is 7. The molecule has 7 nitrogen and oxygen atoms in total. The second-order valence-electron chi connectivity index (χ2n) is 7.68. The zero-order valence-corrected chi connectivity index (χ0v) is 19.0. The number of thiophene rings is 1. The molecule has 1 heterocycles. The fourth-order valence-electron chi connectivity index (χ4n) is 3.50. The summed E-state index contributed by atoms with van der Waals surface area (Å²) in [6, 6.07) is 24.0. The first-order valence-electron chi connectivity index (χ1n) is 10.4. The van der Waals surface area contributed by atoms with Gasteiger partial charge in [-0.1, -0.05) is 60.2 Å². The highest BCUT2D eigenvalue weighted by Gasteiger charge is 2.26. The van der Waals surface area contributed by atoms with Gasteiger partial charge in [0.25, 0.3) is 11.6 Å². The molecule has 0 aliphatic carbocycles. The van der Waals surface area contributed by atoms with E-state index in [1.165, 1.54) is 17.0 Å². The summed E-state index contributed by atoms with van der Waals surface area (Å²) in [7, 11) is 0. The molecular formula is C26H20N2O5S. The molecule has 8 heteroatoms. The van der Waals surface area contributed by atoms with E-state index >= 15 is 0 Å². The lowest BCUT2D eigenvalue weighted by Crippen LogP contribution is -2.31. The molecule has 0 aliphatic heterocycles. The number of carbonyl (C=O) groups excluding carboxylic acids is 1. The van der Waals surface area contributed by atoms with Gasteiger partial charge in [0.05, 0.1) is 17.2 Å². The predicted octanol–water partition coefficient (Wildman–Crippen LogP) is 6.18. The van der Waals surface area contributed by atoms with Crippen LogP contribution in [0.2, 0.25) is 0 Å². The van der Waals surface area contributed by atoms with Crippen molar-refractivity contribution in [3.05, 3.63) is 117 Å². The van der Waals surface area contributed by atoms with E-state index in [1.807, 2.05) is 49.4 Å². The van der Waals surface area contributed by atoms with Gasteiger partial charge in [0.15, 0.2) is 0 Å². The van der Waals surface area contributed by atoms with E-state index in [2.05, 4.69) is 0 Å². The van der Waals surface area contributed by atoms with Crippen LogP contribution in [0, 0.1) is 17.0 Å². The molecule has 4 rings (SSSR count). The first kappa shape index (κ1) is 22.9. The molecule has 34 heavy (non-hydrogen) atoms. The third-order valence-electron chi connectivity index (χ3n) is 5.29. The normalized spacial score (nSPS) is 10.6. The molecule has 1 N–H and O–H groups in total. The number of carbonyl (C=O) groups is 2. The highest BCUT2D eigenvalue weighted by molar-refractivity contribution is 7.18.